The molecule has 0 aliphatic rings. The molecule has 0 atom stereocenters. The highest BCUT2D eigenvalue weighted by Gasteiger charge is 2.32. The van der Waals surface area contributed by atoms with Crippen LogP contribution in [-0.2, 0) is 10.2 Å². The molecule has 1 aromatic rings. The van der Waals surface area contributed by atoms with Crippen LogP contribution in [0.4, 0.5) is 5.69 Å². The second kappa shape index (κ2) is 5.54. The molecule has 0 radical (unpaired) electrons. The van der Waals surface area contributed by atoms with Crippen LogP contribution in [0.15, 0.2) is 24.3 Å². The first-order valence-electron chi connectivity index (χ1n) is 5.88. The summed E-state index contributed by atoms with van der Waals surface area (Å²) in [7, 11) is 1.72. The quantitative estimate of drug-likeness (QED) is 0.824. The van der Waals surface area contributed by atoms with E-state index in [9.17, 15) is 4.79 Å². The van der Waals surface area contributed by atoms with Crippen molar-refractivity contribution < 1.29 is 4.79 Å². The molecule has 0 saturated heterocycles. The smallest absolute Gasteiger partial charge is 0.232 e. The third-order valence-corrected chi connectivity index (χ3v) is 3.07. The van der Waals surface area contributed by atoms with Gasteiger partial charge in [-0.2, -0.15) is 5.26 Å². The van der Waals surface area contributed by atoms with Crippen molar-refractivity contribution in [3.8, 4) is 6.07 Å². The number of hydrogen-bond donors (Lipinski definition) is 1. The molecule has 0 fully saturated rings. The molecule has 4 heteroatoms. The standard InChI is InChI=1S/C14H19N3O/c1-14(2,11-5-7-12(16)8-6-11)13(18)17(3)10-4-9-15/h5-8H,4,10,16H2,1-3H3. The highest BCUT2D eigenvalue weighted by molar-refractivity contribution is 5.87. The van der Waals surface area contributed by atoms with Crippen molar-refractivity contribution in [3.05, 3.63) is 29.8 Å². The summed E-state index contributed by atoms with van der Waals surface area (Å²) >= 11 is 0. The van der Waals surface area contributed by atoms with Gasteiger partial charge < -0.3 is 10.6 Å². The number of nitrogens with two attached hydrogens (primary N) is 1. The molecule has 0 aliphatic heterocycles. The van der Waals surface area contributed by atoms with Crippen LogP contribution in [0.25, 0.3) is 0 Å². The lowest BCUT2D eigenvalue weighted by Crippen LogP contribution is -2.41. The normalized spacial score (nSPS) is 10.8. The fraction of sp³-hybridized carbons (Fsp3) is 0.429. The lowest BCUT2D eigenvalue weighted by atomic mass is 9.83. The van der Waals surface area contributed by atoms with Crippen LogP contribution in [0.5, 0.6) is 0 Å². The highest BCUT2D eigenvalue weighted by atomic mass is 16.2. The highest BCUT2D eigenvalue weighted by Crippen LogP contribution is 2.26. The van der Waals surface area contributed by atoms with Crippen molar-refractivity contribution >= 4 is 11.6 Å². The molecule has 96 valence electrons. The van der Waals surface area contributed by atoms with Crippen molar-refractivity contribution in [1.82, 2.24) is 4.90 Å². The van der Waals surface area contributed by atoms with E-state index in [0.717, 1.165) is 5.56 Å². The van der Waals surface area contributed by atoms with E-state index in [1.165, 1.54) is 0 Å². The topological polar surface area (TPSA) is 70.1 Å². The zero-order valence-electron chi connectivity index (χ0n) is 11.1. The predicted octanol–water partition coefficient (Wildman–Crippen LogP) is 1.92. The van der Waals surface area contributed by atoms with Crippen LogP contribution in [0.3, 0.4) is 0 Å². The van der Waals surface area contributed by atoms with Gasteiger partial charge in [0.1, 0.15) is 0 Å². The van der Waals surface area contributed by atoms with Crippen LogP contribution in [0.2, 0.25) is 0 Å². The summed E-state index contributed by atoms with van der Waals surface area (Å²) < 4.78 is 0. The largest absolute Gasteiger partial charge is 0.399 e. The fourth-order valence-electron chi connectivity index (χ4n) is 1.82. The maximum Gasteiger partial charge on any atom is 0.232 e. The molecule has 18 heavy (non-hydrogen) atoms. The molecule has 0 spiro atoms. The Balaban J connectivity index is 2.89. The number of nitrogens with zero attached hydrogens (tertiary/aromatic N) is 2. The number of carbonyl (C=O) groups is 1. The molecule has 0 bridgehead atoms. The number of likely N-dealkylation sites (N-methyl/N-ethyl adjacent to an activating group) is 1. The van der Waals surface area contributed by atoms with Crippen molar-refractivity contribution in [2.24, 2.45) is 0 Å². The van der Waals surface area contributed by atoms with Gasteiger partial charge in [0.15, 0.2) is 0 Å². The Morgan fingerprint density at radius 3 is 2.44 bits per heavy atom. The zero-order chi connectivity index (χ0) is 13.8. The molecule has 4 nitrogen and oxygen atoms in total. The van der Waals surface area contributed by atoms with E-state index in [-0.39, 0.29) is 5.91 Å². The lowest BCUT2D eigenvalue weighted by Gasteiger charge is -2.29. The number of amides is 1. The van der Waals surface area contributed by atoms with Gasteiger partial charge in [0.25, 0.3) is 0 Å². The minimum absolute atomic E-state index is 0.00233. The monoisotopic (exact) mass is 245 g/mol. The minimum atomic E-state index is -0.613. The van der Waals surface area contributed by atoms with Crippen LogP contribution in [0, 0.1) is 11.3 Å². The Labute approximate surface area is 108 Å². The molecule has 0 aliphatic carbocycles. The number of carbonyl (C=O) groups excluding carboxylic acids is 1. The third-order valence-electron chi connectivity index (χ3n) is 3.07. The van der Waals surface area contributed by atoms with Crippen molar-refractivity contribution in [2.45, 2.75) is 25.7 Å². The Hall–Kier alpha value is -2.02. The Morgan fingerprint density at radius 2 is 1.94 bits per heavy atom. The summed E-state index contributed by atoms with van der Waals surface area (Å²) in [5.74, 6) is 0.00233. The van der Waals surface area contributed by atoms with E-state index in [2.05, 4.69) is 0 Å². The molecule has 1 rings (SSSR count). The average Bonchev–Trinajstić information content (AvgIpc) is 2.35. The van der Waals surface area contributed by atoms with Crippen molar-refractivity contribution in [2.75, 3.05) is 19.3 Å². The first-order valence-corrected chi connectivity index (χ1v) is 5.88. The van der Waals surface area contributed by atoms with Crippen LogP contribution >= 0.6 is 0 Å². The second-order valence-electron chi connectivity index (χ2n) is 4.88. The maximum atomic E-state index is 12.3. The molecular weight excluding hydrogens is 226 g/mol. The van der Waals surface area contributed by atoms with Crippen molar-refractivity contribution in [1.29, 1.82) is 5.26 Å². The minimum Gasteiger partial charge on any atom is -0.399 e. The predicted molar refractivity (Wildman–Crippen MR) is 71.7 cm³/mol. The molecule has 0 unspecified atom stereocenters. The van der Waals surface area contributed by atoms with E-state index in [4.69, 9.17) is 11.0 Å². The number of hydrogen-bond acceptors (Lipinski definition) is 3. The Morgan fingerprint density at radius 1 is 1.39 bits per heavy atom. The van der Waals surface area contributed by atoms with E-state index in [1.54, 1.807) is 24.1 Å². The Bertz CT molecular complexity index is 457. The molecule has 1 amide bonds. The van der Waals surface area contributed by atoms with Gasteiger partial charge in [0.2, 0.25) is 5.91 Å². The third kappa shape index (κ3) is 3.01. The number of rotatable bonds is 4. The van der Waals surface area contributed by atoms with Gasteiger partial charge in [0, 0.05) is 19.3 Å². The van der Waals surface area contributed by atoms with Crippen LogP contribution in [-0.4, -0.2) is 24.4 Å². The molecular formula is C14H19N3O. The van der Waals surface area contributed by atoms with Gasteiger partial charge >= 0.3 is 0 Å². The second-order valence-corrected chi connectivity index (χ2v) is 4.88. The van der Waals surface area contributed by atoms with Gasteiger partial charge in [0.05, 0.1) is 17.9 Å². The molecule has 2 N–H and O–H groups in total. The summed E-state index contributed by atoms with van der Waals surface area (Å²) in [5.41, 5.74) is 6.63. The van der Waals surface area contributed by atoms with Crippen LogP contribution in [0.1, 0.15) is 25.8 Å². The summed E-state index contributed by atoms with van der Waals surface area (Å²) in [6.07, 6.45) is 0.347. The van der Waals surface area contributed by atoms with Gasteiger partial charge in [-0.1, -0.05) is 12.1 Å². The average molecular weight is 245 g/mol. The SMILES string of the molecule is CN(CCC#N)C(=O)C(C)(C)c1ccc(N)cc1. The summed E-state index contributed by atoms with van der Waals surface area (Å²) in [6, 6.07) is 9.36. The van der Waals surface area contributed by atoms with E-state index >= 15 is 0 Å². The first kappa shape index (κ1) is 14.0. The fourth-order valence-corrected chi connectivity index (χ4v) is 1.82. The Kier molecular flexibility index (Phi) is 4.33. The van der Waals surface area contributed by atoms with Gasteiger partial charge in [-0.15, -0.1) is 0 Å². The van der Waals surface area contributed by atoms with Crippen molar-refractivity contribution in [3.63, 3.8) is 0 Å². The molecule has 1 aromatic carbocycles. The van der Waals surface area contributed by atoms with Gasteiger partial charge in [-0.25, -0.2) is 0 Å². The number of anilines is 1. The summed E-state index contributed by atoms with van der Waals surface area (Å²) in [4.78, 5) is 13.9. The van der Waals surface area contributed by atoms with E-state index < -0.39 is 5.41 Å². The molecule has 0 heterocycles. The zero-order valence-corrected chi connectivity index (χ0v) is 11.1. The number of nitriles is 1. The van der Waals surface area contributed by atoms with Gasteiger partial charge in [-0.3, -0.25) is 4.79 Å². The number of nitrogen functional groups attached to an aromatic ring is 1. The molecule has 0 saturated carbocycles. The van der Waals surface area contributed by atoms with E-state index in [1.807, 2.05) is 32.0 Å². The maximum absolute atomic E-state index is 12.3. The lowest BCUT2D eigenvalue weighted by molar-refractivity contribution is -0.134. The first-order chi connectivity index (χ1) is 8.39. The molecule has 0 aromatic heterocycles. The van der Waals surface area contributed by atoms with Crippen LogP contribution < -0.4 is 5.73 Å². The summed E-state index contributed by atoms with van der Waals surface area (Å²) in [5, 5.41) is 8.55. The summed E-state index contributed by atoms with van der Waals surface area (Å²) in [6.45, 7) is 4.21. The van der Waals surface area contributed by atoms with E-state index in [0.29, 0.717) is 18.7 Å². The van der Waals surface area contributed by atoms with Gasteiger partial charge in [-0.05, 0) is 31.5 Å². The number of benzene rings is 1.